The molecule has 0 bridgehead atoms. The minimum Gasteiger partial charge on any atom is -0.481 e. The van der Waals surface area contributed by atoms with Gasteiger partial charge in [-0.1, -0.05) is 43.0 Å². The number of aryl methyl sites for hydroxylation is 1. The smallest absolute Gasteiger partial charge is 0.317 e. The Balaban J connectivity index is 1.10. The van der Waals surface area contributed by atoms with Gasteiger partial charge in [-0.3, -0.25) is 29.3 Å². The summed E-state index contributed by atoms with van der Waals surface area (Å²) in [7, 11) is 0. The Morgan fingerprint density at radius 2 is 1.88 bits per heavy atom. The largest absolute Gasteiger partial charge is 0.481 e. The molecule has 12 heteroatoms. The minimum atomic E-state index is -0.835. The number of likely N-dealkylation sites (tertiary alicyclic amines) is 1. The molecular weight excluding hydrogens is 641 g/mol. The number of anilines is 3. The number of hydrogen-bond acceptors (Lipinski definition) is 9. The van der Waals surface area contributed by atoms with Crippen LogP contribution in [-0.2, 0) is 27.2 Å². The number of fused-ring (bicyclic) bond motifs is 3. The number of carboxylic acids is 2. The van der Waals surface area contributed by atoms with Gasteiger partial charge in [0.1, 0.15) is 5.52 Å². The highest BCUT2D eigenvalue weighted by atomic mass is 32.2. The summed E-state index contributed by atoms with van der Waals surface area (Å²) in [5, 5.41) is 23.5. The van der Waals surface area contributed by atoms with Crippen molar-refractivity contribution in [2.75, 3.05) is 36.4 Å². The van der Waals surface area contributed by atoms with Gasteiger partial charge in [0.05, 0.1) is 18.5 Å². The molecule has 2 aromatic carbocycles. The van der Waals surface area contributed by atoms with Gasteiger partial charge in [0, 0.05) is 54.0 Å². The Bertz CT molecular complexity index is 2000. The SMILES string of the molecule is Cc1c(Nc2nccc3cc(CCC(C)C(=O)O)cnc23)cccc1-c1cccc2c1CCN2C(=O)C1=NC2CCN(CC(=O)O)CC2S1. The third-order valence-electron chi connectivity index (χ3n) is 9.79. The Kier molecular flexibility index (Phi) is 9.08. The van der Waals surface area contributed by atoms with Crippen LogP contribution in [0.1, 0.15) is 36.5 Å². The molecule has 1 amide bonds. The number of nitrogens with zero attached hydrogens (tertiary/aromatic N) is 5. The highest BCUT2D eigenvalue weighted by Gasteiger charge is 2.40. The van der Waals surface area contributed by atoms with Crippen LogP contribution in [0.25, 0.3) is 22.0 Å². The van der Waals surface area contributed by atoms with E-state index in [1.807, 2.05) is 46.2 Å². The highest BCUT2D eigenvalue weighted by molar-refractivity contribution is 8.16. The van der Waals surface area contributed by atoms with Gasteiger partial charge in [0.2, 0.25) is 0 Å². The third kappa shape index (κ3) is 6.62. The molecule has 0 spiro atoms. The molecule has 252 valence electrons. The maximum Gasteiger partial charge on any atom is 0.317 e. The van der Waals surface area contributed by atoms with Gasteiger partial charge >= 0.3 is 11.9 Å². The number of amides is 1. The summed E-state index contributed by atoms with van der Waals surface area (Å²) in [6.45, 7) is 5.67. The lowest BCUT2D eigenvalue weighted by atomic mass is 9.93. The van der Waals surface area contributed by atoms with Gasteiger partial charge in [-0.2, -0.15) is 0 Å². The third-order valence-corrected chi connectivity index (χ3v) is 11.1. The van der Waals surface area contributed by atoms with Crippen molar-refractivity contribution < 1.29 is 24.6 Å². The average Bonchev–Trinajstić information content (AvgIpc) is 3.72. The zero-order valence-corrected chi connectivity index (χ0v) is 28.2. The van der Waals surface area contributed by atoms with E-state index in [4.69, 9.17) is 9.98 Å². The van der Waals surface area contributed by atoms with E-state index in [1.165, 1.54) is 11.8 Å². The average molecular weight is 679 g/mol. The van der Waals surface area contributed by atoms with Crippen LogP contribution in [0.4, 0.5) is 17.2 Å². The predicted molar refractivity (Wildman–Crippen MR) is 192 cm³/mol. The van der Waals surface area contributed by atoms with E-state index in [0.717, 1.165) is 62.9 Å². The quantitative estimate of drug-likeness (QED) is 0.195. The minimum absolute atomic E-state index is 0.0126. The standard InChI is InChI=1S/C37H38N6O5S/c1-21(37(47)48)9-10-23-17-24-11-14-38-34(33(24)39-18-23)40-28-7-3-5-25(22(28)2)26-6-4-8-30-27(26)12-16-43(30)36(46)35-41-29-13-15-42(20-32(44)45)19-31(29)49-35/h3-8,11,14,17-18,21,29,31H,9-10,12-13,15-16,19-20H2,1-2H3,(H,38,40)(H,44,45)(H,47,48). The monoisotopic (exact) mass is 678 g/mol. The molecule has 4 aromatic rings. The zero-order chi connectivity index (χ0) is 34.2. The van der Waals surface area contributed by atoms with Gasteiger partial charge in [0.25, 0.3) is 5.91 Å². The molecule has 3 atom stereocenters. The summed E-state index contributed by atoms with van der Waals surface area (Å²) in [4.78, 5) is 54.2. The number of rotatable bonds is 10. The number of thioether (sulfide) groups is 1. The highest BCUT2D eigenvalue weighted by Crippen LogP contribution is 2.41. The van der Waals surface area contributed by atoms with Crippen molar-refractivity contribution in [2.45, 2.75) is 50.8 Å². The molecule has 3 N–H and O–H groups in total. The van der Waals surface area contributed by atoms with Crippen molar-refractivity contribution in [1.29, 1.82) is 0 Å². The fourth-order valence-electron chi connectivity index (χ4n) is 7.04. The van der Waals surface area contributed by atoms with Crippen molar-refractivity contribution in [3.8, 4) is 11.1 Å². The number of carbonyl (C=O) groups excluding carboxylic acids is 1. The number of aliphatic imine (C=N–C) groups is 1. The molecule has 0 saturated carbocycles. The lowest BCUT2D eigenvalue weighted by molar-refractivity contribution is -0.141. The van der Waals surface area contributed by atoms with E-state index < -0.39 is 17.9 Å². The molecule has 2 aromatic heterocycles. The lowest BCUT2D eigenvalue weighted by Crippen LogP contribution is -2.45. The van der Waals surface area contributed by atoms with Gasteiger partial charge < -0.3 is 20.4 Å². The lowest BCUT2D eigenvalue weighted by Gasteiger charge is -2.32. The second kappa shape index (κ2) is 13.6. The first-order valence-corrected chi connectivity index (χ1v) is 17.5. The number of aliphatic carboxylic acids is 2. The molecule has 0 aliphatic carbocycles. The Labute approximate surface area is 288 Å². The molecule has 1 saturated heterocycles. The van der Waals surface area contributed by atoms with E-state index >= 15 is 0 Å². The van der Waals surface area contributed by atoms with Crippen molar-refractivity contribution in [2.24, 2.45) is 10.9 Å². The van der Waals surface area contributed by atoms with Gasteiger partial charge in [-0.15, -0.1) is 0 Å². The first kappa shape index (κ1) is 32.7. The number of pyridine rings is 2. The maximum atomic E-state index is 13.8. The number of piperidine rings is 1. The molecule has 11 nitrogen and oxygen atoms in total. The van der Waals surface area contributed by atoms with E-state index in [2.05, 4.69) is 29.4 Å². The second-order valence-electron chi connectivity index (χ2n) is 13.0. The summed E-state index contributed by atoms with van der Waals surface area (Å²) in [5.74, 6) is -1.49. The van der Waals surface area contributed by atoms with Gasteiger partial charge in [-0.05, 0) is 84.7 Å². The van der Waals surface area contributed by atoms with Crippen LogP contribution in [0, 0.1) is 12.8 Å². The molecular formula is C37H38N6O5S. The van der Waals surface area contributed by atoms with Crippen LogP contribution < -0.4 is 10.2 Å². The van der Waals surface area contributed by atoms with E-state index in [9.17, 15) is 24.6 Å². The van der Waals surface area contributed by atoms with Crippen molar-refractivity contribution >= 4 is 62.7 Å². The number of aromatic nitrogens is 2. The van der Waals surface area contributed by atoms with Crippen LogP contribution in [0.3, 0.4) is 0 Å². The number of carboxylic acid groups (broad SMARTS) is 2. The Morgan fingerprint density at radius 3 is 2.69 bits per heavy atom. The number of hydrogen-bond donors (Lipinski definition) is 3. The first-order valence-electron chi connectivity index (χ1n) is 16.6. The summed E-state index contributed by atoms with van der Waals surface area (Å²) in [6, 6.07) is 16.3. The first-order chi connectivity index (χ1) is 23.7. The van der Waals surface area contributed by atoms with Gasteiger partial charge in [-0.25, -0.2) is 4.98 Å². The van der Waals surface area contributed by atoms with E-state index in [0.29, 0.717) is 43.3 Å². The van der Waals surface area contributed by atoms with Crippen LogP contribution in [0.2, 0.25) is 0 Å². The summed E-state index contributed by atoms with van der Waals surface area (Å²) in [5.41, 5.74) is 7.84. The number of nitrogens with one attached hydrogen (secondary N) is 1. The van der Waals surface area contributed by atoms with Crippen molar-refractivity contribution in [1.82, 2.24) is 14.9 Å². The second-order valence-corrected chi connectivity index (χ2v) is 14.3. The molecule has 3 unspecified atom stereocenters. The molecule has 7 rings (SSSR count). The van der Waals surface area contributed by atoms with Crippen LogP contribution in [0.5, 0.6) is 0 Å². The van der Waals surface area contributed by atoms with Crippen LogP contribution in [0.15, 0.2) is 65.9 Å². The van der Waals surface area contributed by atoms with Crippen molar-refractivity contribution in [3.63, 3.8) is 0 Å². The normalized spacial score (nSPS) is 19.3. The zero-order valence-electron chi connectivity index (χ0n) is 27.4. The molecule has 49 heavy (non-hydrogen) atoms. The van der Waals surface area contributed by atoms with Gasteiger partial charge in [0.15, 0.2) is 10.9 Å². The van der Waals surface area contributed by atoms with Crippen molar-refractivity contribution in [3.05, 3.63) is 77.6 Å². The maximum absolute atomic E-state index is 13.8. The fourth-order valence-corrected chi connectivity index (χ4v) is 8.37. The Hall–Kier alpha value is -4.81. The van der Waals surface area contributed by atoms with E-state index in [-0.39, 0.29) is 23.7 Å². The summed E-state index contributed by atoms with van der Waals surface area (Å²) in [6.07, 6.45) is 6.21. The molecule has 3 aliphatic heterocycles. The predicted octanol–water partition coefficient (Wildman–Crippen LogP) is 5.56. The molecule has 5 heterocycles. The van der Waals surface area contributed by atoms with E-state index in [1.54, 1.807) is 19.3 Å². The Morgan fingerprint density at radius 1 is 1.06 bits per heavy atom. The molecule has 3 aliphatic rings. The van der Waals surface area contributed by atoms with Crippen LogP contribution in [-0.4, -0.2) is 85.4 Å². The number of benzene rings is 2. The summed E-state index contributed by atoms with van der Waals surface area (Å²) < 4.78 is 0. The molecule has 1 fully saturated rings. The molecule has 0 radical (unpaired) electrons. The topological polar surface area (TPSA) is 148 Å². The number of carbonyl (C=O) groups is 3. The fraction of sp³-hybridized carbons (Fsp3) is 0.351. The van der Waals surface area contributed by atoms with Crippen LogP contribution >= 0.6 is 11.8 Å². The summed E-state index contributed by atoms with van der Waals surface area (Å²) >= 11 is 1.49.